The standard InChI is InChI=1S/C18H15S.C14H15IO4.C13H18F4O8S.C8H14O2.C5H8O2/c1-4-10-16(11-5-1)19(17-12-6-2-7-13-17)18-14-8-3-9-15-18;1-10(2)13(16)18-15(19-14(17)11(3)4)12-8-6-5-7-9-12;1-5-23-10(19)11(4,25-9(18)8(2)3)24-7-6-12(14,15)13(16,17)26(20,21)22;1-4-5-6-10-8(9)7(2)3;1-4(2)5(6)7-3/h1-15H;5-9H,1,3H2,2,4H3;2,5-7H2,1,3-4H3,(H,20,21,22);2,4-6H2,1,3H3;1H2,2-3H3/q+1;;;;/p-1. The van der Waals surface area contributed by atoms with Gasteiger partial charge in [0.25, 0.3) is 0 Å². The number of carbonyl (C=O) groups excluding carboxylic acids is 6. The summed E-state index contributed by atoms with van der Waals surface area (Å²) in [5.41, 5.74) is 1.24. The molecule has 0 fully saturated rings. The third kappa shape index (κ3) is 27.4. The molecule has 0 aliphatic carbocycles. The molecule has 0 N–H and O–H groups in total. The topological polar surface area (TPSA) is 224 Å². The Morgan fingerprint density at radius 1 is 0.568 bits per heavy atom. The van der Waals surface area contributed by atoms with Gasteiger partial charge in [-0.25, -0.2) is 27.6 Å². The molecule has 0 heterocycles. The second kappa shape index (κ2) is 37.2. The van der Waals surface area contributed by atoms with Crippen LogP contribution in [0.15, 0.2) is 197 Å². The molecule has 4 aromatic carbocycles. The summed E-state index contributed by atoms with van der Waals surface area (Å²) in [6, 6.07) is 41.1. The van der Waals surface area contributed by atoms with Crippen LogP contribution in [-0.4, -0.2) is 92.7 Å². The summed E-state index contributed by atoms with van der Waals surface area (Å²) in [6.45, 7) is 27.7. The van der Waals surface area contributed by atoms with E-state index in [0.29, 0.717) is 17.8 Å². The summed E-state index contributed by atoms with van der Waals surface area (Å²) in [7, 11) is -5.34. The number of hydrogen-bond donors (Lipinski definition) is 0. The number of unbranched alkanes of at least 4 members (excludes halogenated alkanes) is 1. The van der Waals surface area contributed by atoms with E-state index in [9.17, 15) is 59.3 Å². The van der Waals surface area contributed by atoms with E-state index in [0.717, 1.165) is 23.3 Å². The van der Waals surface area contributed by atoms with E-state index in [-0.39, 0.29) is 46.2 Å². The van der Waals surface area contributed by atoms with Gasteiger partial charge in [-0.15, -0.1) is 0 Å². The van der Waals surface area contributed by atoms with E-state index in [2.05, 4.69) is 150 Å². The predicted molar refractivity (Wildman–Crippen MR) is 306 cm³/mol. The fourth-order valence-corrected chi connectivity index (χ4v) is 10.6. The van der Waals surface area contributed by atoms with E-state index in [1.165, 1.54) is 35.6 Å². The van der Waals surface area contributed by atoms with Gasteiger partial charge in [0.05, 0.1) is 37.8 Å². The normalized spacial score (nSPS) is 11.5. The second-order valence-corrected chi connectivity index (χ2v) is 23.5. The fraction of sp³-hybridized carbons (Fsp3) is 0.310. The van der Waals surface area contributed by atoms with E-state index < -0.39 is 84.6 Å². The number of alkyl halides is 4. The van der Waals surface area contributed by atoms with Gasteiger partial charge in [0.15, 0.2) is 24.8 Å². The number of methoxy groups -OCH3 is 1. The molecule has 4 rings (SSSR count). The third-order valence-electron chi connectivity index (χ3n) is 9.25. The summed E-state index contributed by atoms with van der Waals surface area (Å²) in [6.07, 6.45) is 0.00355. The van der Waals surface area contributed by atoms with Crippen molar-refractivity contribution in [2.75, 3.05) is 26.9 Å². The average molecular weight is 1290 g/mol. The number of esters is 4. The SMILES string of the molecule is C=C(C)C(=O)OC.C=C(C)C(=O)OC(C)(OCCC(F)(F)C(F)(F)S(=O)(=O)[O-])C(=O)OCC.C=C(C)C(=O)OCCCC.C=C(C)C(=O)OI(OC(=O)C(=C)C)c1ccccc1.c1ccc([S+](c2ccccc2)c2ccccc2)cc1. The van der Waals surface area contributed by atoms with Crippen LogP contribution < -0.4 is 0 Å². The minimum absolute atomic E-state index is 0.0146. The Labute approximate surface area is 482 Å². The number of rotatable bonds is 23. The van der Waals surface area contributed by atoms with Crippen LogP contribution in [0.2, 0.25) is 0 Å². The minimum atomic E-state index is -6.66. The molecule has 0 aliphatic heterocycles. The molecule has 0 amide bonds. The first-order valence-electron chi connectivity index (χ1n) is 24.1. The molecule has 1 atom stereocenters. The van der Waals surface area contributed by atoms with E-state index in [4.69, 9.17) is 10.9 Å². The van der Waals surface area contributed by atoms with Crippen LogP contribution in [0, 0.1) is 3.57 Å². The van der Waals surface area contributed by atoms with Crippen molar-refractivity contribution in [3.05, 3.63) is 186 Å². The van der Waals surface area contributed by atoms with Crippen LogP contribution >= 0.6 is 20.6 Å². The van der Waals surface area contributed by atoms with Gasteiger partial charge in [0, 0.05) is 30.1 Å². The molecule has 81 heavy (non-hydrogen) atoms. The maximum Gasteiger partial charge on any atom is 0.166 e. The van der Waals surface area contributed by atoms with Crippen LogP contribution in [0.4, 0.5) is 17.6 Å². The first kappa shape index (κ1) is 74.1. The maximum atomic E-state index is 13.4. The molecule has 0 bridgehead atoms. The first-order valence-corrected chi connectivity index (χ1v) is 29.6. The molecule has 16 nitrogen and oxygen atoms in total. The van der Waals surface area contributed by atoms with Gasteiger partial charge in [-0.3, -0.25) is 0 Å². The van der Waals surface area contributed by atoms with Crippen molar-refractivity contribution in [2.45, 2.75) is 106 Å². The van der Waals surface area contributed by atoms with Crippen LogP contribution in [-0.2, 0) is 79.6 Å². The number of halogens is 5. The molecule has 0 spiro atoms. The fourth-order valence-electron chi connectivity index (χ4n) is 4.92. The first-order chi connectivity index (χ1) is 37.7. The van der Waals surface area contributed by atoms with Crippen LogP contribution in [0.3, 0.4) is 0 Å². The molecule has 0 radical (unpaired) electrons. The van der Waals surface area contributed by atoms with Crippen LogP contribution in [0.25, 0.3) is 0 Å². The number of benzene rings is 4. The molecule has 23 heteroatoms. The zero-order valence-corrected chi connectivity index (χ0v) is 50.4. The second-order valence-electron chi connectivity index (χ2n) is 16.7. The van der Waals surface area contributed by atoms with Crippen molar-refractivity contribution in [2.24, 2.45) is 0 Å². The molecule has 0 saturated heterocycles. The Bertz CT molecular complexity index is 2720. The summed E-state index contributed by atoms with van der Waals surface area (Å²) in [5, 5.41) is -5.90. The van der Waals surface area contributed by atoms with Crippen molar-refractivity contribution in [1.82, 2.24) is 0 Å². The maximum absolute atomic E-state index is 13.4. The van der Waals surface area contributed by atoms with Crippen LogP contribution in [0.5, 0.6) is 0 Å². The third-order valence-corrected chi connectivity index (χ3v) is 15.7. The summed E-state index contributed by atoms with van der Waals surface area (Å²) in [4.78, 5) is 71.5. The summed E-state index contributed by atoms with van der Waals surface area (Å²) in [5.74, 6) is -12.1. The minimum Gasteiger partial charge on any atom is -0.0619 e. The van der Waals surface area contributed by atoms with Gasteiger partial charge in [0.1, 0.15) is 0 Å². The Morgan fingerprint density at radius 3 is 1.25 bits per heavy atom. The van der Waals surface area contributed by atoms with Crippen molar-refractivity contribution < 1.29 is 89.1 Å². The predicted octanol–water partition coefficient (Wildman–Crippen LogP) is 12.4. The van der Waals surface area contributed by atoms with Crippen molar-refractivity contribution in [3.63, 3.8) is 0 Å². The van der Waals surface area contributed by atoms with Gasteiger partial charge >= 0.3 is 161 Å². The van der Waals surface area contributed by atoms with Gasteiger partial charge in [-0.2, -0.15) is 17.6 Å². The number of hydrogen-bond acceptors (Lipinski definition) is 16. The smallest absolute Gasteiger partial charge is 0.0619 e. The molecular weight excluding hydrogens is 1220 g/mol. The molecule has 0 aromatic heterocycles. The van der Waals surface area contributed by atoms with E-state index >= 15 is 0 Å². The molecule has 1 unspecified atom stereocenters. The van der Waals surface area contributed by atoms with E-state index in [1.54, 1.807) is 52.0 Å². The monoisotopic (exact) mass is 1290 g/mol. The number of ether oxygens (including phenoxy) is 5. The van der Waals surface area contributed by atoms with Gasteiger partial charge in [-0.05, 0) is 70.5 Å². The van der Waals surface area contributed by atoms with Crippen LogP contribution in [0.1, 0.15) is 74.7 Å². The Morgan fingerprint density at radius 2 is 0.938 bits per heavy atom. The summed E-state index contributed by atoms with van der Waals surface area (Å²) < 4.78 is 118. The molecule has 444 valence electrons. The Hall–Kier alpha value is -6.93. The molecule has 0 aliphatic rings. The summed E-state index contributed by atoms with van der Waals surface area (Å²) >= 11 is -2.84. The van der Waals surface area contributed by atoms with Crippen molar-refractivity contribution in [1.29, 1.82) is 0 Å². The zero-order chi connectivity index (χ0) is 62.1. The largest absolute Gasteiger partial charge is 0.166 e. The van der Waals surface area contributed by atoms with Gasteiger partial charge in [0.2, 0.25) is 0 Å². The van der Waals surface area contributed by atoms with Crippen molar-refractivity contribution in [3.8, 4) is 0 Å². The van der Waals surface area contributed by atoms with Gasteiger partial charge < -0.3 is 28.2 Å². The quantitative estimate of drug-likeness (QED) is 0.00774. The van der Waals surface area contributed by atoms with E-state index in [1.807, 2.05) is 6.07 Å². The molecule has 4 aromatic rings. The van der Waals surface area contributed by atoms with Gasteiger partial charge in [-0.1, -0.05) is 87.7 Å². The average Bonchev–Trinajstić information content (AvgIpc) is 3.41. The zero-order valence-electron chi connectivity index (χ0n) is 46.6. The molecular formula is C58H69F4IO16S2. The van der Waals surface area contributed by atoms with Crippen molar-refractivity contribution >= 4 is 77.5 Å². The Kier molecular flexibility index (Phi) is 34.0. The Balaban J connectivity index is 0.00000105. The number of carbonyl (C=O) groups is 6. The molecule has 0 saturated carbocycles.